The fraction of sp³-hybridized carbons (Fsp3) is 0.278. The number of carbonyl (C=O) groups is 2. The van der Waals surface area contributed by atoms with Crippen molar-refractivity contribution in [3.8, 4) is 11.1 Å². The van der Waals surface area contributed by atoms with Crippen molar-refractivity contribution in [1.29, 1.82) is 0 Å². The Kier molecular flexibility index (Phi) is 11.9. The van der Waals surface area contributed by atoms with Gasteiger partial charge in [0.2, 0.25) is 10.0 Å². The van der Waals surface area contributed by atoms with Crippen LogP contribution in [0.5, 0.6) is 0 Å². The molecule has 0 saturated heterocycles. The normalized spacial score (nSPS) is 17.1. The Morgan fingerprint density at radius 3 is 2.12 bits per heavy atom. The molecule has 0 aliphatic heterocycles. The SMILES string of the molecule is CCN(CC)CCNc1cccc(C2CC2(C(=O)O)N(Cc2cccc(C(=O)O)c2)S(=O)(=O)c2ccc(-c3ccc(Cl)cc3)cc2)c1.Cl. The molecule has 0 amide bonds. The van der Waals surface area contributed by atoms with Crippen molar-refractivity contribution >= 4 is 51.7 Å². The van der Waals surface area contributed by atoms with Gasteiger partial charge in [-0.25, -0.2) is 13.2 Å². The van der Waals surface area contributed by atoms with E-state index in [2.05, 4.69) is 24.1 Å². The van der Waals surface area contributed by atoms with E-state index in [4.69, 9.17) is 11.6 Å². The van der Waals surface area contributed by atoms with Crippen molar-refractivity contribution < 1.29 is 28.2 Å². The number of carboxylic acids is 2. The molecule has 2 atom stereocenters. The molecule has 254 valence electrons. The molecular formula is C36H39Cl2N3O6S. The molecule has 3 N–H and O–H groups in total. The average molecular weight is 713 g/mol. The number of rotatable bonds is 15. The van der Waals surface area contributed by atoms with Crippen LogP contribution in [0.4, 0.5) is 5.69 Å². The smallest absolute Gasteiger partial charge is 0.335 e. The lowest BCUT2D eigenvalue weighted by Gasteiger charge is -2.30. The van der Waals surface area contributed by atoms with Crippen molar-refractivity contribution in [2.75, 3.05) is 31.5 Å². The number of sulfonamides is 1. The van der Waals surface area contributed by atoms with Crippen LogP contribution in [0, 0.1) is 0 Å². The molecule has 0 aromatic heterocycles. The first-order valence-electron chi connectivity index (χ1n) is 15.5. The molecule has 0 heterocycles. The largest absolute Gasteiger partial charge is 0.480 e. The summed E-state index contributed by atoms with van der Waals surface area (Å²) in [5.74, 6) is -3.06. The number of likely N-dealkylation sites (N-methyl/N-ethyl adjacent to an activating group) is 1. The minimum absolute atomic E-state index is 0. The first-order valence-corrected chi connectivity index (χ1v) is 17.3. The number of nitrogens with zero attached hydrogens (tertiary/aromatic N) is 2. The molecule has 48 heavy (non-hydrogen) atoms. The second-order valence-electron chi connectivity index (χ2n) is 11.6. The summed E-state index contributed by atoms with van der Waals surface area (Å²) in [5, 5.41) is 24.3. The summed E-state index contributed by atoms with van der Waals surface area (Å²) in [6.45, 7) is 7.30. The molecule has 4 aromatic carbocycles. The molecule has 1 fully saturated rings. The van der Waals surface area contributed by atoms with Gasteiger partial charge < -0.3 is 20.4 Å². The molecule has 0 bridgehead atoms. The van der Waals surface area contributed by atoms with Crippen LogP contribution in [0.15, 0.2) is 102 Å². The van der Waals surface area contributed by atoms with Crippen LogP contribution in [-0.4, -0.2) is 71.5 Å². The predicted molar refractivity (Wildman–Crippen MR) is 191 cm³/mol. The highest BCUT2D eigenvalue weighted by molar-refractivity contribution is 7.89. The number of aromatic carboxylic acids is 1. The maximum absolute atomic E-state index is 14.5. The molecule has 0 spiro atoms. The van der Waals surface area contributed by atoms with Crippen LogP contribution < -0.4 is 5.32 Å². The zero-order valence-corrected chi connectivity index (χ0v) is 29.1. The van der Waals surface area contributed by atoms with Gasteiger partial charge in [-0.3, -0.25) is 4.79 Å². The van der Waals surface area contributed by atoms with Gasteiger partial charge in [0, 0.05) is 36.3 Å². The maximum Gasteiger partial charge on any atom is 0.335 e. The number of hydrogen-bond acceptors (Lipinski definition) is 6. The first-order chi connectivity index (χ1) is 22.5. The standard InChI is InChI=1S/C36H38ClN3O6S.ClH/c1-3-39(4-2)20-19-38-31-10-6-8-28(22-31)33-23-36(33,35(43)44)40(24-25-7-5-9-29(21-25)34(41)42)47(45,46)32-17-13-27(14-18-32)26-11-15-30(37)16-12-26;/h5-18,21-22,33,38H,3-4,19-20,23-24H2,1-2H3,(H,41,42)(H,43,44);1H. The predicted octanol–water partition coefficient (Wildman–Crippen LogP) is 7.08. The van der Waals surface area contributed by atoms with Crippen molar-refractivity contribution in [3.63, 3.8) is 0 Å². The second-order valence-corrected chi connectivity index (χ2v) is 13.9. The Balaban J connectivity index is 0.00000520. The van der Waals surface area contributed by atoms with Crippen molar-refractivity contribution in [3.05, 3.63) is 119 Å². The second kappa shape index (κ2) is 15.5. The Hall–Kier alpha value is -3.93. The summed E-state index contributed by atoms with van der Waals surface area (Å²) < 4.78 is 29.9. The van der Waals surface area contributed by atoms with Gasteiger partial charge in [-0.1, -0.05) is 74.0 Å². The van der Waals surface area contributed by atoms with Gasteiger partial charge in [0.1, 0.15) is 5.54 Å². The van der Waals surface area contributed by atoms with Crippen LogP contribution in [0.1, 0.15) is 47.7 Å². The van der Waals surface area contributed by atoms with Gasteiger partial charge in [0.05, 0.1) is 10.5 Å². The summed E-state index contributed by atoms with van der Waals surface area (Å²) in [6, 6.07) is 26.8. The van der Waals surface area contributed by atoms with Gasteiger partial charge in [0.15, 0.2) is 0 Å². The highest BCUT2D eigenvalue weighted by Gasteiger charge is 2.68. The molecule has 9 nitrogen and oxygen atoms in total. The number of aliphatic carboxylic acids is 1. The monoisotopic (exact) mass is 711 g/mol. The number of hydrogen-bond donors (Lipinski definition) is 3. The topological polar surface area (TPSA) is 127 Å². The number of carboxylic acid groups (broad SMARTS) is 2. The van der Waals surface area contributed by atoms with Crippen molar-refractivity contribution in [1.82, 2.24) is 9.21 Å². The fourth-order valence-electron chi connectivity index (χ4n) is 6.03. The van der Waals surface area contributed by atoms with E-state index in [0.717, 1.165) is 40.8 Å². The molecule has 1 saturated carbocycles. The lowest BCUT2D eigenvalue weighted by molar-refractivity contribution is -0.143. The summed E-state index contributed by atoms with van der Waals surface area (Å²) in [7, 11) is -4.40. The highest BCUT2D eigenvalue weighted by Crippen LogP contribution is 2.58. The van der Waals surface area contributed by atoms with Gasteiger partial charge >= 0.3 is 11.9 Å². The summed E-state index contributed by atoms with van der Waals surface area (Å²) >= 11 is 6.03. The van der Waals surface area contributed by atoms with Gasteiger partial charge in [-0.05, 0) is 90.3 Å². The zero-order chi connectivity index (χ0) is 33.8. The van der Waals surface area contributed by atoms with E-state index in [1.54, 1.807) is 30.3 Å². The Morgan fingerprint density at radius 1 is 0.896 bits per heavy atom. The average Bonchev–Trinajstić information content (AvgIpc) is 3.83. The molecule has 1 aliphatic rings. The van der Waals surface area contributed by atoms with Gasteiger partial charge in [-0.15, -0.1) is 12.4 Å². The van der Waals surface area contributed by atoms with Crippen molar-refractivity contribution in [2.24, 2.45) is 0 Å². The molecule has 1 aliphatic carbocycles. The number of benzene rings is 4. The molecular weight excluding hydrogens is 673 g/mol. The molecule has 5 rings (SSSR count). The van der Waals surface area contributed by atoms with E-state index in [9.17, 15) is 28.2 Å². The quantitative estimate of drug-likeness (QED) is 0.119. The van der Waals surface area contributed by atoms with Crippen LogP contribution in [0.2, 0.25) is 5.02 Å². The third-order valence-electron chi connectivity index (χ3n) is 8.81. The summed E-state index contributed by atoms with van der Waals surface area (Å²) in [5.41, 5.74) is 1.70. The van der Waals surface area contributed by atoms with Crippen LogP contribution in [-0.2, 0) is 21.4 Å². The van der Waals surface area contributed by atoms with E-state index in [0.29, 0.717) is 22.7 Å². The lowest BCUT2D eigenvalue weighted by atomic mass is 10.0. The fourth-order valence-corrected chi connectivity index (χ4v) is 7.91. The maximum atomic E-state index is 14.5. The molecule has 0 radical (unpaired) electrons. The Labute approximate surface area is 292 Å². The zero-order valence-electron chi connectivity index (χ0n) is 26.7. The highest BCUT2D eigenvalue weighted by atomic mass is 35.5. The van der Waals surface area contributed by atoms with Crippen LogP contribution in [0.3, 0.4) is 0 Å². The number of halogens is 2. The van der Waals surface area contributed by atoms with E-state index in [1.807, 2.05) is 36.4 Å². The van der Waals surface area contributed by atoms with Crippen LogP contribution >= 0.6 is 24.0 Å². The van der Waals surface area contributed by atoms with E-state index < -0.39 is 33.4 Å². The van der Waals surface area contributed by atoms with Gasteiger partial charge in [-0.2, -0.15) is 4.31 Å². The molecule has 2 unspecified atom stereocenters. The first kappa shape index (κ1) is 36.9. The van der Waals surface area contributed by atoms with E-state index >= 15 is 0 Å². The van der Waals surface area contributed by atoms with Gasteiger partial charge in [0.25, 0.3) is 0 Å². The lowest BCUT2D eigenvalue weighted by Crippen LogP contribution is -2.48. The van der Waals surface area contributed by atoms with Crippen LogP contribution in [0.25, 0.3) is 11.1 Å². The van der Waals surface area contributed by atoms with E-state index in [1.165, 1.54) is 30.3 Å². The third kappa shape index (κ3) is 7.85. The minimum atomic E-state index is -4.40. The molecule has 4 aromatic rings. The Bertz CT molecular complexity index is 1850. The third-order valence-corrected chi connectivity index (χ3v) is 11.0. The minimum Gasteiger partial charge on any atom is -0.480 e. The number of nitrogens with one attached hydrogen (secondary N) is 1. The van der Waals surface area contributed by atoms with E-state index in [-0.39, 0.29) is 35.8 Å². The Morgan fingerprint density at radius 2 is 1.52 bits per heavy atom. The summed E-state index contributed by atoms with van der Waals surface area (Å²) in [6.07, 6.45) is 0.0615. The van der Waals surface area contributed by atoms with Crippen molar-refractivity contribution in [2.45, 2.75) is 43.2 Å². The number of anilines is 1. The molecule has 12 heteroatoms. The summed E-state index contributed by atoms with van der Waals surface area (Å²) in [4.78, 5) is 27.1.